The van der Waals surface area contributed by atoms with Gasteiger partial charge >= 0.3 is 0 Å². The maximum Gasteiger partial charge on any atom is 0.143 e. The van der Waals surface area contributed by atoms with Crippen LogP contribution in [0.3, 0.4) is 0 Å². The van der Waals surface area contributed by atoms with Crippen molar-refractivity contribution in [2.45, 2.75) is 0 Å². The van der Waals surface area contributed by atoms with Gasteiger partial charge in [0.15, 0.2) is 0 Å². The molecule has 13 aromatic rings. The number of hydrogen-bond donors (Lipinski definition) is 0. The maximum absolute atomic E-state index is 6.53. The average Bonchev–Trinajstić information content (AvgIpc) is 3.83. The molecular formula is C68H45NO. The average molecular weight is 892 g/mol. The molecule has 0 saturated carbocycles. The summed E-state index contributed by atoms with van der Waals surface area (Å²) in [5, 5.41) is 7.21. The molecule has 0 unspecified atom stereocenters. The lowest BCUT2D eigenvalue weighted by atomic mass is 9.91. The van der Waals surface area contributed by atoms with Crippen LogP contribution in [0, 0.1) is 0 Å². The van der Waals surface area contributed by atoms with Gasteiger partial charge in [-0.2, -0.15) is 0 Å². The Labute approximate surface area is 407 Å². The van der Waals surface area contributed by atoms with E-state index < -0.39 is 0 Å². The SMILES string of the molecule is c1ccc(-c2ccc(-c3ccc(N(c4ccc(-c5cccc6c5oc5ccccc56)cc4)c4cc(-c5cc6ccccc6c6ccccc56)ccc4-c4ccccc4)cc3)cc2-c2ccccc2)cc1. The van der Waals surface area contributed by atoms with Crippen molar-refractivity contribution in [1.29, 1.82) is 0 Å². The summed E-state index contributed by atoms with van der Waals surface area (Å²) < 4.78 is 6.53. The van der Waals surface area contributed by atoms with Crippen molar-refractivity contribution in [3.63, 3.8) is 0 Å². The Bertz CT molecular complexity index is 4020. The molecule has 0 aliphatic rings. The van der Waals surface area contributed by atoms with Crippen LogP contribution in [0.15, 0.2) is 277 Å². The Hall–Kier alpha value is -9.24. The fraction of sp³-hybridized carbons (Fsp3) is 0. The summed E-state index contributed by atoms with van der Waals surface area (Å²) in [6, 6.07) is 98.8. The third-order valence-electron chi connectivity index (χ3n) is 13.9. The van der Waals surface area contributed by atoms with E-state index in [9.17, 15) is 0 Å². The van der Waals surface area contributed by atoms with E-state index in [2.05, 4.69) is 266 Å². The lowest BCUT2D eigenvalue weighted by Gasteiger charge is -2.29. The summed E-state index contributed by atoms with van der Waals surface area (Å²) in [5.41, 5.74) is 18.9. The lowest BCUT2D eigenvalue weighted by Crippen LogP contribution is -2.11. The summed E-state index contributed by atoms with van der Waals surface area (Å²) in [6.07, 6.45) is 0. The minimum atomic E-state index is 0.895. The molecule has 2 heteroatoms. The summed E-state index contributed by atoms with van der Waals surface area (Å²) in [4.78, 5) is 2.43. The number of rotatable bonds is 9. The molecule has 0 spiro atoms. The van der Waals surface area contributed by atoms with E-state index in [0.29, 0.717) is 0 Å². The molecule has 328 valence electrons. The van der Waals surface area contributed by atoms with Gasteiger partial charge in [0.25, 0.3) is 0 Å². The van der Waals surface area contributed by atoms with Crippen molar-refractivity contribution in [3.05, 3.63) is 273 Å². The van der Waals surface area contributed by atoms with Crippen LogP contribution < -0.4 is 4.90 Å². The zero-order chi connectivity index (χ0) is 46.4. The van der Waals surface area contributed by atoms with E-state index in [4.69, 9.17) is 4.42 Å². The minimum absolute atomic E-state index is 0.895. The Morgan fingerprint density at radius 2 is 0.743 bits per heavy atom. The van der Waals surface area contributed by atoms with Crippen LogP contribution >= 0.6 is 0 Å². The highest BCUT2D eigenvalue weighted by Gasteiger charge is 2.21. The number of anilines is 3. The molecule has 1 aromatic heterocycles. The third kappa shape index (κ3) is 7.31. The molecule has 0 radical (unpaired) electrons. The molecule has 12 aromatic carbocycles. The molecule has 2 nitrogen and oxygen atoms in total. The van der Waals surface area contributed by atoms with Crippen LogP contribution in [-0.2, 0) is 0 Å². The van der Waals surface area contributed by atoms with Gasteiger partial charge in [-0.1, -0.05) is 224 Å². The summed E-state index contributed by atoms with van der Waals surface area (Å²) in [5.74, 6) is 0. The Morgan fingerprint density at radius 3 is 1.44 bits per heavy atom. The molecule has 0 fully saturated rings. The van der Waals surface area contributed by atoms with E-state index in [1.165, 1.54) is 49.4 Å². The van der Waals surface area contributed by atoms with Gasteiger partial charge in [-0.3, -0.25) is 0 Å². The van der Waals surface area contributed by atoms with E-state index in [-0.39, 0.29) is 0 Å². The summed E-state index contributed by atoms with van der Waals surface area (Å²) in [6.45, 7) is 0. The molecule has 70 heavy (non-hydrogen) atoms. The molecule has 13 rings (SSSR count). The largest absolute Gasteiger partial charge is 0.455 e. The van der Waals surface area contributed by atoms with Gasteiger partial charge in [-0.15, -0.1) is 0 Å². The van der Waals surface area contributed by atoms with Crippen LogP contribution in [0.2, 0.25) is 0 Å². The number of para-hydroxylation sites is 2. The van der Waals surface area contributed by atoms with E-state index in [1.807, 2.05) is 12.1 Å². The fourth-order valence-electron chi connectivity index (χ4n) is 10.5. The highest BCUT2D eigenvalue weighted by atomic mass is 16.3. The van der Waals surface area contributed by atoms with E-state index >= 15 is 0 Å². The second-order valence-corrected chi connectivity index (χ2v) is 18.0. The van der Waals surface area contributed by atoms with Gasteiger partial charge < -0.3 is 9.32 Å². The molecule has 0 aliphatic heterocycles. The van der Waals surface area contributed by atoms with Crippen LogP contribution in [-0.4, -0.2) is 0 Å². The standard InChI is InChI=1S/C68H45NO/c1-4-17-47(18-5-1)57-41-35-51(43-64(57)49-21-8-3-9-22-49)46-31-37-54(38-32-46)69(55-39-33-50(34-40-55)59-28-16-29-63-62-27-14-15-30-67(62)70-68(59)63)66-45-53(36-42-58(66)48-19-6-2-7-20-48)65-44-52-23-10-11-24-56(52)60-25-12-13-26-61(60)65/h1-45H. The zero-order valence-electron chi connectivity index (χ0n) is 38.3. The van der Waals surface area contributed by atoms with Crippen molar-refractivity contribution >= 4 is 60.5 Å². The van der Waals surface area contributed by atoms with E-state index in [0.717, 1.165) is 77.9 Å². The lowest BCUT2D eigenvalue weighted by molar-refractivity contribution is 0.670. The third-order valence-corrected chi connectivity index (χ3v) is 13.9. The molecule has 0 bridgehead atoms. The zero-order valence-corrected chi connectivity index (χ0v) is 38.3. The molecular weight excluding hydrogens is 847 g/mol. The number of benzene rings is 12. The van der Waals surface area contributed by atoms with Crippen molar-refractivity contribution in [2.24, 2.45) is 0 Å². The van der Waals surface area contributed by atoms with E-state index in [1.54, 1.807) is 0 Å². The monoisotopic (exact) mass is 891 g/mol. The molecule has 0 amide bonds. The number of hydrogen-bond acceptors (Lipinski definition) is 2. The van der Waals surface area contributed by atoms with Crippen molar-refractivity contribution in [2.75, 3.05) is 4.90 Å². The quantitative estimate of drug-likeness (QED) is 0.134. The van der Waals surface area contributed by atoms with Gasteiger partial charge in [-0.25, -0.2) is 0 Å². The fourth-order valence-corrected chi connectivity index (χ4v) is 10.5. The highest BCUT2D eigenvalue weighted by Crippen LogP contribution is 2.46. The first kappa shape index (κ1) is 41.0. The molecule has 0 aliphatic carbocycles. The molecule has 0 N–H and O–H groups in total. The normalized spacial score (nSPS) is 11.4. The summed E-state index contributed by atoms with van der Waals surface area (Å²) in [7, 11) is 0. The van der Waals surface area contributed by atoms with Gasteiger partial charge in [-0.05, 0) is 126 Å². The maximum atomic E-state index is 6.53. The second kappa shape index (κ2) is 17.4. The topological polar surface area (TPSA) is 16.4 Å². The van der Waals surface area contributed by atoms with Gasteiger partial charge in [0.1, 0.15) is 11.2 Å². The highest BCUT2D eigenvalue weighted by molar-refractivity contribution is 6.14. The van der Waals surface area contributed by atoms with Crippen molar-refractivity contribution in [1.82, 2.24) is 0 Å². The molecule has 0 saturated heterocycles. The number of furan rings is 1. The van der Waals surface area contributed by atoms with Crippen LogP contribution in [0.25, 0.3) is 110 Å². The van der Waals surface area contributed by atoms with Gasteiger partial charge in [0, 0.05) is 33.3 Å². The predicted molar refractivity (Wildman–Crippen MR) is 296 cm³/mol. The van der Waals surface area contributed by atoms with Crippen LogP contribution in [0.1, 0.15) is 0 Å². The Morgan fingerprint density at radius 1 is 0.243 bits per heavy atom. The first-order valence-electron chi connectivity index (χ1n) is 24.0. The van der Waals surface area contributed by atoms with Crippen molar-refractivity contribution < 1.29 is 4.42 Å². The smallest absolute Gasteiger partial charge is 0.143 e. The first-order valence-corrected chi connectivity index (χ1v) is 24.0. The molecule has 0 atom stereocenters. The Balaban J connectivity index is 0.990. The summed E-state index contributed by atoms with van der Waals surface area (Å²) >= 11 is 0. The number of fused-ring (bicyclic) bond motifs is 6. The van der Waals surface area contributed by atoms with Gasteiger partial charge in [0.05, 0.1) is 5.69 Å². The van der Waals surface area contributed by atoms with Crippen LogP contribution in [0.4, 0.5) is 17.1 Å². The first-order chi connectivity index (χ1) is 34.7. The minimum Gasteiger partial charge on any atom is -0.455 e. The Kier molecular flexibility index (Phi) is 10.2. The van der Waals surface area contributed by atoms with Crippen molar-refractivity contribution in [3.8, 4) is 66.8 Å². The number of nitrogens with zero attached hydrogens (tertiary/aromatic N) is 1. The predicted octanol–water partition coefficient (Wildman–Crippen LogP) is 19.4. The molecule has 1 heterocycles. The second-order valence-electron chi connectivity index (χ2n) is 18.0. The van der Waals surface area contributed by atoms with Gasteiger partial charge in [0.2, 0.25) is 0 Å². The van der Waals surface area contributed by atoms with Crippen LogP contribution in [0.5, 0.6) is 0 Å².